The monoisotopic (exact) mass is 234 g/mol. The highest BCUT2D eigenvalue weighted by Crippen LogP contribution is 2.18. The van der Waals surface area contributed by atoms with Crippen LogP contribution in [0.15, 0.2) is 24.3 Å². The van der Waals surface area contributed by atoms with Crippen molar-refractivity contribution in [1.82, 2.24) is 10.2 Å². The number of anilines is 2. The number of carbonyl (C=O) groups excluding carboxylic acids is 1. The first-order valence-electron chi connectivity index (χ1n) is 4.63. The summed E-state index contributed by atoms with van der Waals surface area (Å²) in [4.78, 5) is 11.8. The lowest BCUT2D eigenvalue weighted by atomic mass is 10.1. The minimum Gasteiger partial charge on any atom is -0.374 e. The molecule has 16 heavy (non-hydrogen) atoms. The minimum atomic E-state index is -0.200. The van der Waals surface area contributed by atoms with Crippen molar-refractivity contribution in [3.63, 3.8) is 0 Å². The van der Waals surface area contributed by atoms with Gasteiger partial charge in [0.15, 0.2) is 0 Å². The van der Waals surface area contributed by atoms with Gasteiger partial charge in [0.05, 0.1) is 0 Å². The Morgan fingerprint density at radius 3 is 2.75 bits per heavy atom. The summed E-state index contributed by atoms with van der Waals surface area (Å²) in [6, 6.07) is 7.34. The third-order valence-electron chi connectivity index (χ3n) is 2.05. The van der Waals surface area contributed by atoms with Gasteiger partial charge < -0.3 is 5.73 Å². The quantitative estimate of drug-likeness (QED) is 0.828. The van der Waals surface area contributed by atoms with Crippen molar-refractivity contribution < 1.29 is 4.79 Å². The van der Waals surface area contributed by atoms with Crippen molar-refractivity contribution in [2.45, 2.75) is 6.92 Å². The molecule has 5 nitrogen and oxygen atoms in total. The smallest absolute Gasteiger partial charge is 0.257 e. The van der Waals surface area contributed by atoms with E-state index in [0.717, 1.165) is 16.9 Å². The highest BCUT2D eigenvalue weighted by molar-refractivity contribution is 7.19. The Morgan fingerprint density at radius 2 is 2.12 bits per heavy atom. The van der Waals surface area contributed by atoms with Crippen molar-refractivity contribution >= 4 is 27.5 Å². The third-order valence-corrected chi connectivity index (χ3v) is 2.72. The zero-order valence-corrected chi connectivity index (χ0v) is 9.41. The standard InChI is InChI=1S/C10H10N4OS/c1-6-4-2-3-5-7(6)8(15)12-10-14-13-9(11)16-10/h2-5H,1H3,(H2,11,13)(H,12,14,15). The van der Waals surface area contributed by atoms with Crippen molar-refractivity contribution in [1.29, 1.82) is 0 Å². The van der Waals surface area contributed by atoms with Crippen LogP contribution in [0, 0.1) is 6.92 Å². The average Bonchev–Trinajstić information content (AvgIpc) is 2.64. The van der Waals surface area contributed by atoms with E-state index < -0.39 is 0 Å². The Kier molecular flexibility index (Phi) is 2.82. The van der Waals surface area contributed by atoms with Gasteiger partial charge in [-0.25, -0.2) is 0 Å². The largest absolute Gasteiger partial charge is 0.374 e. The maximum Gasteiger partial charge on any atom is 0.257 e. The fourth-order valence-corrected chi connectivity index (χ4v) is 1.78. The van der Waals surface area contributed by atoms with Crippen molar-refractivity contribution in [3.8, 4) is 0 Å². The van der Waals surface area contributed by atoms with Gasteiger partial charge in [-0.2, -0.15) is 0 Å². The summed E-state index contributed by atoms with van der Waals surface area (Å²) in [6.45, 7) is 1.88. The van der Waals surface area contributed by atoms with Gasteiger partial charge in [0.1, 0.15) is 0 Å². The molecule has 2 rings (SSSR count). The summed E-state index contributed by atoms with van der Waals surface area (Å²) in [6.07, 6.45) is 0. The van der Waals surface area contributed by atoms with Crippen molar-refractivity contribution in [2.75, 3.05) is 11.1 Å². The first kappa shape index (κ1) is 10.6. The van der Waals surface area contributed by atoms with Gasteiger partial charge in [0.2, 0.25) is 10.3 Å². The summed E-state index contributed by atoms with van der Waals surface area (Å²) in [5.74, 6) is -0.200. The Labute approximate surface area is 96.3 Å². The Morgan fingerprint density at radius 1 is 1.38 bits per heavy atom. The molecular weight excluding hydrogens is 224 g/mol. The SMILES string of the molecule is Cc1ccccc1C(=O)Nc1nnc(N)s1. The van der Waals surface area contributed by atoms with Gasteiger partial charge in [-0.15, -0.1) is 10.2 Å². The fourth-order valence-electron chi connectivity index (χ4n) is 1.28. The number of nitrogens with zero attached hydrogens (tertiary/aromatic N) is 2. The van der Waals surface area contributed by atoms with Crippen molar-refractivity contribution in [3.05, 3.63) is 35.4 Å². The molecule has 1 aromatic heterocycles. The van der Waals surface area contributed by atoms with Gasteiger partial charge in [0, 0.05) is 5.56 Å². The van der Waals surface area contributed by atoms with Crippen LogP contribution in [0.25, 0.3) is 0 Å². The lowest BCUT2D eigenvalue weighted by molar-refractivity contribution is 0.102. The summed E-state index contributed by atoms with van der Waals surface area (Å²) in [7, 11) is 0. The number of hydrogen-bond donors (Lipinski definition) is 2. The molecule has 0 bridgehead atoms. The van der Waals surface area contributed by atoms with E-state index in [1.165, 1.54) is 0 Å². The zero-order chi connectivity index (χ0) is 11.5. The molecule has 0 spiro atoms. The number of nitrogen functional groups attached to an aromatic ring is 1. The predicted molar refractivity (Wildman–Crippen MR) is 63.5 cm³/mol. The summed E-state index contributed by atoms with van der Waals surface area (Å²) in [5.41, 5.74) is 6.95. The molecule has 0 unspecified atom stereocenters. The van der Waals surface area contributed by atoms with Crippen LogP contribution in [0.2, 0.25) is 0 Å². The van der Waals surface area contributed by atoms with Gasteiger partial charge in [0.25, 0.3) is 5.91 Å². The molecule has 6 heteroatoms. The molecule has 0 atom stereocenters. The third kappa shape index (κ3) is 2.17. The van der Waals surface area contributed by atoms with E-state index in [2.05, 4.69) is 15.5 Å². The maximum atomic E-state index is 11.8. The number of nitrogens with one attached hydrogen (secondary N) is 1. The van der Waals surface area contributed by atoms with Crippen LogP contribution >= 0.6 is 11.3 Å². The van der Waals surface area contributed by atoms with Gasteiger partial charge in [-0.3, -0.25) is 10.1 Å². The topological polar surface area (TPSA) is 80.9 Å². The highest BCUT2D eigenvalue weighted by atomic mass is 32.1. The molecule has 1 heterocycles. The van der Waals surface area contributed by atoms with Crippen LogP contribution in [-0.4, -0.2) is 16.1 Å². The minimum absolute atomic E-state index is 0.200. The molecular formula is C10H10N4OS. The number of hydrogen-bond acceptors (Lipinski definition) is 5. The number of nitrogens with two attached hydrogens (primary N) is 1. The Bertz CT molecular complexity index is 523. The molecule has 0 radical (unpaired) electrons. The normalized spacial score (nSPS) is 10.1. The first-order valence-corrected chi connectivity index (χ1v) is 5.44. The van der Waals surface area contributed by atoms with Crippen LogP contribution < -0.4 is 11.1 Å². The Balaban J connectivity index is 2.18. The predicted octanol–water partition coefficient (Wildman–Crippen LogP) is 1.68. The van der Waals surface area contributed by atoms with Crippen LogP contribution in [0.3, 0.4) is 0 Å². The molecule has 1 amide bonds. The zero-order valence-electron chi connectivity index (χ0n) is 8.60. The summed E-state index contributed by atoms with van der Waals surface area (Å²) < 4.78 is 0. The summed E-state index contributed by atoms with van der Waals surface area (Å²) >= 11 is 1.14. The van der Waals surface area contributed by atoms with E-state index >= 15 is 0 Å². The summed E-state index contributed by atoms with van der Waals surface area (Å²) in [5, 5.41) is 10.7. The van der Waals surface area contributed by atoms with Gasteiger partial charge in [-0.05, 0) is 18.6 Å². The van der Waals surface area contributed by atoms with Gasteiger partial charge in [-0.1, -0.05) is 29.5 Å². The van der Waals surface area contributed by atoms with Crippen LogP contribution in [-0.2, 0) is 0 Å². The second-order valence-electron chi connectivity index (χ2n) is 3.21. The van der Waals surface area contributed by atoms with Crippen LogP contribution in [0.4, 0.5) is 10.3 Å². The number of aromatic nitrogens is 2. The molecule has 82 valence electrons. The van der Waals surface area contributed by atoms with Crippen molar-refractivity contribution in [2.24, 2.45) is 0 Å². The van der Waals surface area contributed by atoms with E-state index in [-0.39, 0.29) is 5.91 Å². The van der Waals surface area contributed by atoms with E-state index in [4.69, 9.17) is 5.73 Å². The van der Waals surface area contributed by atoms with Crippen LogP contribution in [0.1, 0.15) is 15.9 Å². The van der Waals surface area contributed by atoms with E-state index in [1.807, 2.05) is 25.1 Å². The number of amides is 1. The number of carbonyl (C=O) groups is 1. The molecule has 0 aliphatic heterocycles. The maximum absolute atomic E-state index is 11.8. The molecule has 0 saturated heterocycles. The molecule has 1 aromatic carbocycles. The molecule has 0 saturated carbocycles. The van der Waals surface area contributed by atoms with E-state index in [0.29, 0.717) is 15.8 Å². The fraction of sp³-hybridized carbons (Fsp3) is 0.100. The number of benzene rings is 1. The molecule has 2 aromatic rings. The molecule has 3 N–H and O–H groups in total. The lowest BCUT2D eigenvalue weighted by Gasteiger charge is -2.03. The second kappa shape index (κ2) is 4.28. The van der Waals surface area contributed by atoms with E-state index in [1.54, 1.807) is 6.07 Å². The highest BCUT2D eigenvalue weighted by Gasteiger charge is 2.10. The Hall–Kier alpha value is -1.95. The van der Waals surface area contributed by atoms with E-state index in [9.17, 15) is 4.79 Å². The second-order valence-corrected chi connectivity index (χ2v) is 4.22. The number of rotatable bonds is 2. The lowest BCUT2D eigenvalue weighted by Crippen LogP contribution is -2.12. The van der Waals surface area contributed by atoms with Gasteiger partial charge >= 0.3 is 0 Å². The first-order chi connectivity index (χ1) is 7.66. The number of aryl methyl sites for hydroxylation is 1. The molecule has 0 aliphatic rings. The molecule has 0 aliphatic carbocycles. The average molecular weight is 234 g/mol. The molecule has 0 fully saturated rings. The van der Waals surface area contributed by atoms with Crippen LogP contribution in [0.5, 0.6) is 0 Å².